The number of amides is 11. The smallest absolute Gasteiger partial charge is 0.305 e. The van der Waals surface area contributed by atoms with Gasteiger partial charge in [0.2, 0.25) is 65.0 Å². The average molecular weight is 1500 g/mol. The first-order chi connectivity index (χ1) is 51.2. The monoisotopic (exact) mass is 1500 g/mol. The molecule has 11 amide bonds. The van der Waals surface area contributed by atoms with Crippen molar-refractivity contribution < 1.29 is 101 Å². The minimum atomic E-state index is -2.22. The summed E-state index contributed by atoms with van der Waals surface area (Å²) in [6.07, 6.45) is -4.25. The second kappa shape index (κ2) is 40.4. The van der Waals surface area contributed by atoms with Crippen molar-refractivity contribution in [1.82, 2.24) is 63.1 Å². The summed E-state index contributed by atoms with van der Waals surface area (Å²) in [5, 5.41) is 73.8. The van der Waals surface area contributed by atoms with Crippen molar-refractivity contribution in [1.29, 1.82) is 0 Å². The Morgan fingerprint density at radius 2 is 1.03 bits per heavy atom. The lowest BCUT2D eigenvalue weighted by atomic mass is 9.95. The maximum Gasteiger partial charge on any atom is 0.305 e. The zero-order chi connectivity index (χ0) is 79.6. The van der Waals surface area contributed by atoms with Gasteiger partial charge in [0, 0.05) is 43.1 Å². The Labute approximate surface area is 617 Å². The number of H-pyrrole nitrogens is 1. The Morgan fingerprint density at radius 3 is 1.56 bits per heavy atom. The van der Waals surface area contributed by atoms with E-state index in [-0.39, 0.29) is 19.3 Å². The quantitative estimate of drug-likeness (QED) is 0.0202. The van der Waals surface area contributed by atoms with Gasteiger partial charge in [-0.2, -0.15) is 0 Å². The van der Waals surface area contributed by atoms with Crippen LogP contribution in [0.4, 0.5) is 8.78 Å². The summed E-state index contributed by atoms with van der Waals surface area (Å²) in [5.74, 6) is -18.7. The molecule has 0 saturated carbocycles. The number of nitrogens with zero attached hydrogens (tertiary/aromatic N) is 1. The summed E-state index contributed by atoms with van der Waals surface area (Å²) in [6, 6.07) is 11.5. The number of carbonyl (C=O) groups excluding carboxylic acids is 11. The third-order valence-electron chi connectivity index (χ3n) is 17.1. The second-order valence-corrected chi connectivity index (χ2v) is 25.4. The molecule has 0 unspecified atom stereocenters. The fourth-order valence-corrected chi connectivity index (χ4v) is 11.1. The van der Waals surface area contributed by atoms with Crippen molar-refractivity contribution in [3.8, 4) is 28.0 Å². The maximum absolute atomic E-state index is 15.3. The van der Waals surface area contributed by atoms with E-state index >= 15 is 8.78 Å². The molecule has 0 aliphatic heterocycles. The van der Waals surface area contributed by atoms with Crippen LogP contribution < -0.4 is 69.4 Å². The molecule has 0 spiro atoms. The van der Waals surface area contributed by atoms with Crippen LogP contribution >= 0.6 is 0 Å². The molecule has 5 aromatic carbocycles. The molecule has 578 valence electrons. The number of aromatic nitrogens is 2. The zero-order valence-electron chi connectivity index (χ0n) is 59.6. The minimum absolute atomic E-state index is 0.00747. The SMILES string of the molecule is CCc1cc(OC)ccc1-c1ccc(C[C@H](NC(=O)[C@H](CC(=O)O)NC(=O)[C@H](CO)NC(=O)[C@@H](NC(=O)[C@H](Cc2c(F)cccc2F)NC(=O)[C@@H](NC(=O)CNC(=O)[C@H](CC(=O)O)NC(=O)[C@H](C)NC(=O)[C@@H](N)Cc2cnc[nH]2)[C@@H](C)O)[C@@H](C)O)C(=O)N[C@@H](Cc2ccc(-c3ccccc3C)cc2)C(N)=O)cc1. The number of aliphatic hydroxyl groups excluding tert-OH is 3. The number of aryl methyl sites for hydroxylation is 2. The highest BCUT2D eigenvalue weighted by Crippen LogP contribution is 2.29. The number of carboxylic acids is 2. The van der Waals surface area contributed by atoms with Crippen LogP contribution in [-0.2, 0) is 94.4 Å². The summed E-state index contributed by atoms with van der Waals surface area (Å²) >= 11 is 0. The summed E-state index contributed by atoms with van der Waals surface area (Å²) in [4.78, 5) is 182. The van der Waals surface area contributed by atoms with E-state index < -0.39 is 199 Å². The van der Waals surface area contributed by atoms with Crippen molar-refractivity contribution in [2.24, 2.45) is 11.5 Å². The molecular weight excluding hydrogens is 1410 g/mol. The number of aromatic amines is 1. The molecule has 108 heavy (non-hydrogen) atoms. The van der Waals surface area contributed by atoms with Crippen LogP contribution in [0.5, 0.6) is 5.75 Å². The number of methoxy groups -OCH3 is 1. The normalized spacial score (nSPS) is 14.4. The van der Waals surface area contributed by atoms with E-state index in [0.29, 0.717) is 29.0 Å². The first-order valence-corrected chi connectivity index (χ1v) is 34.0. The van der Waals surface area contributed by atoms with E-state index in [1.54, 1.807) is 42.5 Å². The Morgan fingerprint density at radius 1 is 0.537 bits per heavy atom. The van der Waals surface area contributed by atoms with Crippen molar-refractivity contribution >= 4 is 76.9 Å². The van der Waals surface area contributed by atoms with Gasteiger partial charge in [-0.25, -0.2) is 13.8 Å². The lowest BCUT2D eigenvalue weighted by Crippen LogP contribution is -2.63. The molecule has 0 saturated heterocycles. The van der Waals surface area contributed by atoms with Crippen molar-refractivity contribution in [3.63, 3.8) is 0 Å². The number of ether oxygens (including phenoxy) is 1. The molecule has 1 aromatic heterocycles. The molecule has 6 rings (SSSR count). The molecule has 0 aliphatic carbocycles. The van der Waals surface area contributed by atoms with Crippen molar-refractivity contribution in [3.05, 3.63) is 167 Å². The average Bonchev–Trinajstić information content (AvgIpc) is 0.900. The van der Waals surface area contributed by atoms with Crippen LogP contribution in [0.25, 0.3) is 22.3 Å². The van der Waals surface area contributed by atoms with E-state index in [9.17, 15) is 87.9 Å². The van der Waals surface area contributed by atoms with E-state index in [1.807, 2.05) is 67.7 Å². The molecule has 0 aliphatic rings. The number of rotatable bonds is 40. The molecule has 12 atom stereocenters. The van der Waals surface area contributed by atoms with Crippen LogP contribution in [-0.4, -0.2) is 205 Å². The molecule has 0 fully saturated rings. The zero-order valence-corrected chi connectivity index (χ0v) is 59.6. The number of nitrogens with one attached hydrogen (secondary N) is 11. The van der Waals surface area contributed by atoms with E-state index in [0.717, 1.165) is 65.4 Å². The number of aliphatic carboxylic acids is 2. The van der Waals surface area contributed by atoms with Gasteiger partial charge in [-0.3, -0.25) is 62.3 Å². The van der Waals surface area contributed by atoms with E-state index in [4.69, 9.17) is 16.2 Å². The van der Waals surface area contributed by atoms with E-state index in [1.165, 1.54) is 26.6 Å². The Kier molecular flexibility index (Phi) is 31.8. The molecule has 33 nitrogen and oxygen atoms in total. The standard InChI is InChI=1S/C73H88F2N14O19/c1-7-42-27-46(108-6)23-24-48(42)44-21-17-41(18-22-44)26-54(68(102)82-53(64(77)98)25-40-15-19-43(20-16-40)47-12-9-8-11-36(47)2)84-69(103)57(31-61(96)97)85-71(105)58(34-90)87-73(107)63(39(5)92)89-70(104)55(29-49-50(74)13-10-14-51(49)75)86-72(106)62(38(4)91)88-59(93)33-79-67(101)56(30-60(94)95)83-65(99)37(3)81-66(100)52(76)28-45-32-78-35-80-45/h8-24,27,32,35,37-39,52-58,62-63,90-92H,7,25-26,28-31,33-34,76H2,1-6H3,(H2,77,98)(H,78,80)(H,79,101)(H,81,100)(H,82,102)(H,83,99)(H,84,103)(H,85,105)(H,86,106)(H,87,107)(H,88,93)(H,89,104)(H,94,95)(H,96,97)/t37-,38+,39+,52-,53-,54-,55-,56-,57-,58-,62-,63-/m0/s1. The van der Waals surface area contributed by atoms with Gasteiger partial charge in [-0.05, 0) is 103 Å². The molecule has 1 heterocycles. The highest BCUT2D eigenvalue weighted by molar-refractivity contribution is 6.00. The Balaban J connectivity index is 1.16. The highest BCUT2D eigenvalue weighted by atomic mass is 19.1. The largest absolute Gasteiger partial charge is 0.497 e. The molecule has 20 N–H and O–H groups in total. The van der Waals surface area contributed by atoms with Crippen LogP contribution in [0.1, 0.15) is 74.0 Å². The van der Waals surface area contributed by atoms with Gasteiger partial charge in [0.1, 0.15) is 71.8 Å². The van der Waals surface area contributed by atoms with Crippen molar-refractivity contribution in [2.75, 3.05) is 20.3 Å². The predicted octanol–water partition coefficient (Wildman–Crippen LogP) is -1.81. The number of primary amides is 1. The third kappa shape index (κ3) is 25.1. The van der Waals surface area contributed by atoms with Crippen molar-refractivity contribution in [2.45, 2.75) is 152 Å². The fraction of sp³-hybridized carbons (Fsp3) is 0.370. The number of hydrogen-bond donors (Lipinski definition) is 18. The highest BCUT2D eigenvalue weighted by Gasteiger charge is 2.38. The number of carbonyl (C=O) groups is 13. The number of imidazole rings is 1. The third-order valence-corrected chi connectivity index (χ3v) is 17.1. The van der Waals surface area contributed by atoms with Gasteiger partial charge in [-0.15, -0.1) is 0 Å². The topological polar surface area (TPSA) is 533 Å². The van der Waals surface area contributed by atoms with Gasteiger partial charge in [0.15, 0.2) is 0 Å². The molecular formula is C73H88F2N14O19. The van der Waals surface area contributed by atoms with Gasteiger partial charge in [0.05, 0.1) is 57.7 Å². The maximum atomic E-state index is 15.3. The number of aliphatic hydroxyl groups is 3. The number of benzene rings is 5. The predicted molar refractivity (Wildman–Crippen MR) is 382 cm³/mol. The van der Waals surface area contributed by atoms with Crippen LogP contribution in [0.2, 0.25) is 0 Å². The lowest BCUT2D eigenvalue weighted by Gasteiger charge is -2.28. The van der Waals surface area contributed by atoms with Gasteiger partial charge >= 0.3 is 11.9 Å². The van der Waals surface area contributed by atoms with Crippen LogP contribution in [0.15, 0.2) is 122 Å². The van der Waals surface area contributed by atoms with Crippen LogP contribution in [0, 0.1) is 18.6 Å². The minimum Gasteiger partial charge on any atom is -0.497 e. The van der Waals surface area contributed by atoms with Gasteiger partial charge in [-0.1, -0.05) is 91.9 Å². The number of carboxylic acid groups (broad SMARTS) is 2. The molecule has 0 radical (unpaired) electrons. The number of nitrogens with two attached hydrogens (primary N) is 2. The molecule has 6 aromatic rings. The lowest BCUT2D eigenvalue weighted by molar-refractivity contribution is -0.142. The number of hydrogen-bond acceptors (Lipinski definition) is 19. The number of halogens is 2. The second-order valence-electron chi connectivity index (χ2n) is 25.4. The first kappa shape index (κ1) is 84.9. The summed E-state index contributed by atoms with van der Waals surface area (Å²) < 4.78 is 36.0. The summed E-state index contributed by atoms with van der Waals surface area (Å²) in [7, 11) is 1.54. The first-order valence-electron chi connectivity index (χ1n) is 34.0. The van der Waals surface area contributed by atoms with E-state index in [2.05, 4.69) is 57.8 Å². The summed E-state index contributed by atoms with van der Waals surface area (Å²) in [5.41, 5.74) is 17.9. The van der Waals surface area contributed by atoms with Crippen LogP contribution in [0.3, 0.4) is 0 Å². The Bertz CT molecular complexity index is 4190. The molecule has 0 bridgehead atoms. The Hall–Kier alpha value is -12.1. The molecule has 35 heteroatoms. The van der Waals surface area contributed by atoms with Gasteiger partial charge in [0.25, 0.3) is 0 Å². The summed E-state index contributed by atoms with van der Waals surface area (Å²) in [6.45, 7) is 4.60. The van der Waals surface area contributed by atoms with Gasteiger partial charge < -0.3 is 99.9 Å². The fourth-order valence-electron chi connectivity index (χ4n) is 11.1.